The van der Waals surface area contributed by atoms with Gasteiger partial charge in [0, 0.05) is 31.1 Å². The van der Waals surface area contributed by atoms with Crippen molar-refractivity contribution in [2.45, 2.75) is 11.8 Å². The standard InChI is InChI=1S/C18H22N2S/c1-15-3-5-16(6-4-15)17-7-9-18(10-8-17)21-20-13-11-19(2)12-14-20/h3-10H,11-14H2,1-2H3. The van der Waals surface area contributed by atoms with Gasteiger partial charge in [-0.05, 0) is 49.2 Å². The zero-order valence-electron chi connectivity index (χ0n) is 12.7. The van der Waals surface area contributed by atoms with Gasteiger partial charge in [0.1, 0.15) is 0 Å². The van der Waals surface area contributed by atoms with Gasteiger partial charge in [-0.2, -0.15) is 0 Å². The maximum absolute atomic E-state index is 2.46. The Labute approximate surface area is 131 Å². The van der Waals surface area contributed by atoms with Crippen molar-refractivity contribution < 1.29 is 0 Å². The van der Waals surface area contributed by atoms with E-state index in [1.165, 1.54) is 21.6 Å². The third-order valence-electron chi connectivity index (χ3n) is 3.94. The van der Waals surface area contributed by atoms with E-state index in [2.05, 4.69) is 71.7 Å². The minimum Gasteiger partial charge on any atom is -0.304 e. The largest absolute Gasteiger partial charge is 0.304 e. The van der Waals surface area contributed by atoms with E-state index >= 15 is 0 Å². The van der Waals surface area contributed by atoms with Gasteiger partial charge in [0.05, 0.1) is 0 Å². The molecule has 0 aromatic heterocycles. The zero-order chi connectivity index (χ0) is 14.7. The summed E-state index contributed by atoms with van der Waals surface area (Å²) >= 11 is 1.88. The molecule has 0 N–H and O–H groups in total. The van der Waals surface area contributed by atoms with E-state index in [4.69, 9.17) is 0 Å². The highest BCUT2D eigenvalue weighted by molar-refractivity contribution is 7.97. The first-order valence-electron chi connectivity index (χ1n) is 7.49. The predicted octanol–water partition coefficient (Wildman–Crippen LogP) is 3.92. The second-order valence-corrected chi connectivity index (χ2v) is 6.88. The lowest BCUT2D eigenvalue weighted by Gasteiger charge is -2.31. The fourth-order valence-electron chi connectivity index (χ4n) is 2.48. The van der Waals surface area contributed by atoms with Crippen molar-refractivity contribution in [3.05, 3.63) is 54.1 Å². The first kappa shape index (κ1) is 14.6. The van der Waals surface area contributed by atoms with Crippen LogP contribution in [0, 0.1) is 6.92 Å². The molecular formula is C18H22N2S. The van der Waals surface area contributed by atoms with Crippen LogP contribution in [0.25, 0.3) is 11.1 Å². The molecule has 0 atom stereocenters. The molecule has 0 saturated carbocycles. The summed E-state index contributed by atoms with van der Waals surface area (Å²) in [4.78, 5) is 3.72. The molecule has 3 heteroatoms. The lowest BCUT2D eigenvalue weighted by molar-refractivity contribution is 0.233. The number of hydrogen-bond donors (Lipinski definition) is 0. The Hall–Kier alpha value is -1.29. The van der Waals surface area contributed by atoms with Crippen molar-refractivity contribution >= 4 is 11.9 Å². The van der Waals surface area contributed by atoms with Crippen molar-refractivity contribution in [1.29, 1.82) is 0 Å². The quantitative estimate of drug-likeness (QED) is 0.793. The van der Waals surface area contributed by atoms with E-state index in [9.17, 15) is 0 Å². The van der Waals surface area contributed by atoms with E-state index in [-0.39, 0.29) is 0 Å². The molecule has 0 aliphatic carbocycles. The summed E-state index contributed by atoms with van der Waals surface area (Å²) in [7, 11) is 2.19. The number of piperazine rings is 1. The van der Waals surface area contributed by atoms with Crippen LogP contribution in [0.3, 0.4) is 0 Å². The average molecular weight is 298 g/mol. The van der Waals surface area contributed by atoms with Crippen molar-refractivity contribution in [1.82, 2.24) is 9.21 Å². The Morgan fingerprint density at radius 2 is 1.29 bits per heavy atom. The van der Waals surface area contributed by atoms with Gasteiger partial charge in [-0.15, -0.1) is 0 Å². The van der Waals surface area contributed by atoms with Gasteiger partial charge >= 0.3 is 0 Å². The molecule has 2 nitrogen and oxygen atoms in total. The molecule has 0 unspecified atom stereocenters. The molecule has 2 aromatic rings. The first-order chi connectivity index (χ1) is 10.2. The van der Waals surface area contributed by atoms with Crippen LogP contribution in [0.15, 0.2) is 53.4 Å². The molecule has 1 heterocycles. The summed E-state index contributed by atoms with van der Waals surface area (Å²) in [6.45, 7) is 6.73. The highest BCUT2D eigenvalue weighted by Crippen LogP contribution is 2.27. The Bertz CT molecular complexity index is 569. The minimum absolute atomic E-state index is 1.14. The number of aryl methyl sites for hydroxylation is 1. The third-order valence-corrected chi connectivity index (χ3v) is 5.04. The van der Waals surface area contributed by atoms with E-state index in [1.54, 1.807) is 0 Å². The smallest absolute Gasteiger partial charge is 0.0230 e. The van der Waals surface area contributed by atoms with Crippen molar-refractivity contribution in [2.75, 3.05) is 33.2 Å². The highest BCUT2D eigenvalue weighted by atomic mass is 32.2. The lowest BCUT2D eigenvalue weighted by Crippen LogP contribution is -2.40. The Morgan fingerprint density at radius 1 is 0.762 bits per heavy atom. The monoisotopic (exact) mass is 298 g/mol. The minimum atomic E-state index is 1.14. The molecule has 110 valence electrons. The summed E-state index contributed by atoms with van der Waals surface area (Å²) in [5, 5.41) is 0. The molecule has 0 spiro atoms. The van der Waals surface area contributed by atoms with Gasteiger partial charge in [0.25, 0.3) is 0 Å². The number of nitrogens with zero attached hydrogens (tertiary/aromatic N) is 2. The van der Waals surface area contributed by atoms with Crippen LogP contribution in [0.2, 0.25) is 0 Å². The molecule has 3 rings (SSSR count). The SMILES string of the molecule is Cc1ccc(-c2ccc(SN3CCN(C)CC3)cc2)cc1. The Balaban J connectivity index is 1.65. The van der Waals surface area contributed by atoms with Gasteiger partial charge in [0.15, 0.2) is 0 Å². The summed E-state index contributed by atoms with van der Waals surface area (Å²) in [5.74, 6) is 0. The summed E-state index contributed by atoms with van der Waals surface area (Å²) in [6, 6.07) is 17.6. The summed E-state index contributed by atoms with van der Waals surface area (Å²) < 4.78 is 2.46. The van der Waals surface area contributed by atoms with Gasteiger partial charge in [0.2, 0.25) is 0 Å². The number of likely N-dealkylation sites (N-methyl/N-ethyl adjacent to an activating group) is 1. The second-order valence-electron chi connectivity index (χ2n) is 5.71. The van der Waals surface area contributed by atoms with E-state index in [0.717, 1.165) is 26.2 Å². The topological polar surface area (TPSA) is 6.48 Å². The molecule has 1 fully saturated rings. The molecule has 21 heavy (non-hydrogen) atoms. The van der Waals surface area contributed by atoms with Gasteiger partial charge in [-0.25, -0.2) is 4.31 Å². The number of rotatable bonds is 3. The maximum Gasteiger partial charge on any atom is 0.0230 e. The molecule has 0 amide bonds. The first-order valence-corrected chi connectivity index (χ1v) is 8.26. The van der Waals surface area contributed by atoms with Crippen LogP contribution < -0.4 is 0 Å². The van der Waals surface area contributed by atoms with Crippen LogP contribution in [0.1, 0.15) is 5.56 Å². The van der Waals surface area contributed by atoms with Crippen LogP contribution in [-0.4, -0.2) is 42.4 Å². The predicted molar refractivity (Wildman–Crippen MR) is 91.5 cm³/mol. The van der Waals surface area contributed by atoms with Crippen LogP contribution in [0.5, 0.6) is 0 Å². The normalized spacial score (nSPS) is 17.0. The summed E-state index contributed by atoms with van der Waals surface area (Å²) in [6.07, 6.45) is 0. The van der Waals surface area contributed by atoms with Crippen LogP contribution in [0.4, 0.5) is 0 Å². The molecule has 2 aromatic carbocycles. The third kappa shape index (κ3) is 3.88. The molecule has 1 aliphatic rings. The van der Waals surface area contributed by atoms with Crippen molar-refractivity contribution in [3.63, 3.8) is 0 Å². The summed E-state index contributed by atoms with van der Waals surface area (Å²) in [5.41, 5.74) is 3.88. The Morgan fingerprint density at radius 3 is 1.86 bits per heavy atom. The molecule has 1 saturated heterocycles. The van der Waals surface area contributed by atoms with E-state index < -0.39 is 0 Å². The second kappa shape index (κ2) is 6.65. The van der Waals surface area contributed by atoms with Gasteiger partial charge in [-0.3, -0.25) is 0 Å². The zero-order valence-corrected chi connectivity index (χ0v) is 13.6. The van der Waals surface area contributed by atoms with Crippen molar-refractivity contribution in [3.8, 4) is 11.1 Å². The van der Waals surface area contributed by atoms with E-state index in [0.29, 0.717) is 0 Å². The van der Waals surface area contributed by atoms with E-state index in [1.807, 2.05) is 11.9 Å². The lowest BCUT2D eigenvalue weighted by atomic mass is 10.0. The van der Waals surface area contributed by atoms with Gasteiger partial charge in [-0.1, -0.05) is 42.0 Å². The Kier molecular flexibility index (Phi) is 4.63. The van der Waals surface area contributed by atoms with Crippen LogP contribution in [-0.2, 0) is 0 Å². The average Bonchev–Trinajstić information content (AvgIpc) is 2.51. The fraction of sp³-hybridized carbons (Fsp3) is 0.333. The molecular weight excluding hydrogens is 276 g/mol. The molecule has 1 aliphatic heterocycles. The van der Waals surface area contributed by atoms with Gasteiger partial charge < -0.3 is 4.90 Å². The number of benzene rings is 2. The van der Waals surface area contributed by atoms with Crippen LogP contribution >= 0.6 is 11.9 Å². The van der Waals surface area contributed by atoms with Crippen molar-refractivity contribution in [2.24, 2.45) is 0 Å². The molecule has 0 radical (unpaired) electrons. The highest BCUT2D eigenvalue weighted by Gasteiger charge is 2.14. The maximum atomic E-state index is 2.46. The number of hydrogen-bond acceptors (Lipinski definition) is 3. The fourth-order valence-corrected chi connectivity index (χ4v) is 3.38. The molecule has 0 bridgehead atoms.